The minimum atomic E-state index is -0.600. The van der Waals surface area contributed by atoms with E-state index >= 15 is 4.39 Å². The number of benzene rings is 3. The van der Waals surface area contributed by atoms with Gasteiger partial charge >= 0.3 is 0 Å². The van der Waals surface area contributed by atoms with E-state index in [0.717, 1.165) is 42.2 Å². The van der Waals surface area contributed by atoms with Gasteiger partial charge in [0.25, 0.3) is 5.91 Å². The lowest BCUT2D eigenvalue weighted by molar-refractivity contribution is 0.0789. The number of aromatic nitrogens is 1. The molecule has 1 amide bonds. The predicted molar refractivity (Wildman–Crippen MR) is 164 cm³/mol. The van der Waals surface area contributed by atoms with Crippen molar-refractivity contribution in [2.75, 3.05) is 38.5 Å². The van der Waals surface area contributed by atoms with Crippen LogP contribution in [-0.4, -0.2) is 65.6 Å². The van der Waals surface area contributed by atoms with Crippen LogP contribution in [0.15, 0.2) is 57.9 Å². The summed E-state index contributed by atoms with van der Waals surface area (Å²) in [4.78, 5) is 31.4. The van der Waals surface area contributed by atoms with Gasteiger partial charge in [0, 0.05) is 54.8 Å². The minimum absolute atomic E-state index is 0.0329. The normalized spacial score (nSPS) is 19.8. The Hall–Kier alpha value is -4.41. The molecule has 3 aliphatic heterocycles. The second-order valence-electron chi connectivity index (χ2n) is 12.0. The number of furan rings is 1. The maximum atomic E-state index is 15.9. The highest BCUT2D eigenvalue weighted by molar-refractivity contribution is 6.07. The van der Waals surface area contributed by atoms with Crippen LogP contribution in [0.3, 0.4) is 0 Å². The number of anilines is 1. The summed E-state index contributed by atoms with van der Waals surface area (Å²) in [5.74, 6) is -0.306. The molecule has 8 rings (SSSR count). The molecule has 0 radical (unpaired) electrons. The van der Waals surface area contributed by atoms with Crippen LogP contribution in [-0.2, 0) is 0 Å². The fourth-order valence-corrected chi connectivity index (χ4v) is 7.00. The lowest BCUT2D eigenvalue weighted by Gasteiger charge is -2.27. The van der Waals surface area contributed by atoms with Crippen LogP contribution in [0.2, 0.25) is 0 Å². The van der Waals surface area contributed by atoms with Gasteiger partial charge < -0.3 is 34.6 Å². The van der Waals surface area contributed by atoms with E-state index in [1.807, 2.05) is 36.4 Å². The van der Waals surface area contributed by atoms with Gasteiger partial charge in [-0.05, 0) is 57.5 Å². The maximum Gasteiger partial charge on any atom is 0.259 e. The molecule has 2 saturated heterocycles. The van der Waals surface area contributed by atoms with Crippen molar-refractivity contribution in [1.82, 2.24) is 14.4 Å². The third-order valence-corrected chi connectivity index (χ3v) is 9.32. The molecule has 3 aromatic carbocycles. The van der Waals surface area contributed by atoms with E-state index in [9.17, 15) is 9.59 Å². The summed E-state index contributed by atoms with van der Waals surface area (Å²) in [6, 6.07) is 13.0. The van der Waals surface area contributed by atoms with Crippen molar-refractivity contribution in [3.05, 3.63) is 70.3 Å². The number of nitrogens with one attached hydrogen (secondary N) is 1. The molecular weight excluding hydrogens is 549 g/mol. The van der Waals surface area contributed by atoms with Crippen molar-refractivity contribution in [1.29, 1.82) is 0 Å². The summed E-state index contributed by atoms with van der Waals surface area (Å²) in [6.07, 6.45) is 5.35. The zero-order valence-corrected chi connectivity index (χ0v) is 23.9. The molecule has 220 valence electrons. The topological polar surface area (TPSA) is 106 Å². The standard InChI is InChI=1S/C33H32FN5O4/c1-37-11-4-5-19(37)8-10-36-29-24(34)13-22-30-32(29)43-28-14-21-20-6-2-3-7-26(20)42-27(21)15-25(28)39(30)17-23(31(22)40)33(41)38-12-9-18(35)16-38/h2-3,6-7,13-15,17-19,36H,4-5,8-12,16,35H2,1H3. The van der Waals surface area contributed by atoms with Gasteiger partial charge in [0.2, 0.25) is 5.43 Å². The van der Waals surface area contributed by atoms with Crippen molar-refractivity contribution in [3.8, 4) is 17.2 Å². The zero-order valence-electron chi connectivity index (χ0n) is 23.9. The molecule has 0 aliphatic carbocycles. The number of carbonyl (C=O) groups excluding carboxylic acids is 1. The molecule has 10 heteroatoms. The van der Waals surface area contributed by atoms with Crippen molar-refractivity contribution in [2.24, 2.45) is 5.73 Å². The Kier molecular flexibility index (Phi) is 5.99. The number of rotatable bonds is 5. The SMILES string of the molecule is CN1CCCC1CCNc1c(F)cc2c(=O)c(C(=O)N3CCC(N)C3)cn3c2c1Oc1cc2c(cc1-3)oc1ccccc12. The molecular formula is C33H32FN5O4. The molecule has 2 atom stereocenters. The Morgan fingerprint density at radius 2 is 1.95 bits per heavy atom. The van der Waals surface area contributed by atoms with E-state index in [0.29, 0.717) is 54.6 Å². The molecule has 2 unspecified atom stereocenters. The van der Waals surface area contributed by atoms with Crippen molar-refractivity contribution >= 4 is 44.4 Å². The highest BCUT2D eigenvalue weighted by Gasteiger charge is 2.32. The minimum Gasteiger partial charge on any atom is -0.456 e. The van der Waals surface area contributed by atoms with Gasteiger partial charge in [-0.1, -0.05) is 18.2 Å². The molecule has 0 spiro atoms. The van der Waals surface area contributed by atoms with E-state index in [4.69, 9.17) is 14.9 Å². The van der Waals surface area contributed by atoms with E-state index in [1.54, 1.807) is 15.7 Å². The fourth-order valence-electron chi connectivity index (χ4n) is 7.00. The van der Waals surface area contributed by atoms with E-state index in [2.05, 4.69) is 17.3 Å². The number of amides is 1. The summed E-state index contributed by atoms with van der Waals surface area (Å²) >= 11 is 0. The van der Waals surface area contributed by atoms with Gasteiger partial charge in [-0.2, -0.15) is 0 Å². The van der Waals surface area contributed by atoms with Gasteiger partial charge in [-0.3, -0.25) is 9.59 Å². The quantitative estimate of drug-likeness (QED) is 0.288. The second kappa shape index (κ2) is 9.82. The van der Waals surface area contributed by atoms with Crippen molar-refractivity contribution in [2.45, 2.75) is 37.8 Å². The third-order valence-electron chi connectivity index (χ3n) is 9.32. The molecule has 3 N–H and O–H groups in total. The maximum absolute atomic E-state index is 15.9. The summed E-state index contributed by atoms with van der Waals surface area (Å²) < 4.78 is 30.3. The van der Waals surface area contributed by atoms with Crippen LogP contribution in [0.5, 0.6) is 11.5 Å². The number of ether oxygens (including phenoxy) is 1. The number of nitrogens with zero attached hydrogens (tertiary/aromatic N) is 3. The van der Waals surface area contributed by atoms with Crippen molar-refractivity contribution in [3.63, 3.8) is 0 Å². The lowest BCUT2D eigenvalue weighted by Crippen LogP contribution is -2.35. The van der Waals surface area contributed by atoms with Gasteiger partial charge in [0.1, 0.15) is 27.9 Å². The first-order chi connectivity index (χ1) is 20.9. The monoisotopic (exact) mass is 581 g/mol. The largest absolute Gasteiger partial charge is 0.456 e. The number of hydrogen-bond donors (Lipinski definition) is 2. The Bertz CT molecular complexity index is 2020. The lowest BCUT2D eigenvalue weighted by atomic mass is 10.0. The molecule has 0 saturated carbocycles. The van der Waals surface area contributed by atoms with Crippen LogP contribution in [0.4, 0.5) is 10.1 Å². The van der Waals surface area contributed by atoms with Crippen molar-refractivity contribution < 1.29 is 18.3 Å². The number of hydrogen-bond acceptors (Lipinski definition) is 7. The first kappa shape index (κ1) is 26.2. The van der Waals surface area contributed by atoms with E-state index in [1.165, 1.54) is 6.07 Å². The molecule has 3 aliphatic rings. The van der Waals surface area contributed by atoms with Gasteiger partial charge in [0.15, 0.2) is 17.3 Å². The Morgan fingerprint density at radius 1 is 1.09 bits per heavy atom. The summed E-state index contributed by atoms with van der Waals surface area (Å²) in [5, 5.41) is 5.15. The highest BCUT2D eigenvalue weighted by atomic mass is 19.1. The van der Waals surface area contributed by atoms with E-state index in [-0.39, 0.29) is 28.4 Å². The van der Waals surface area contributed by atoms with Crippen LogP contribution >= 0.6 is 0 Å². The van der Waals surface area contributed by atoms with Crippen LogP contribution in [0, 0.1) is 5.82 Å². The smallest absolute Gasteiger partial charge is 0.259 e. The molecule has 43 heavy (non-hydrogen) atoms. The summed E-state index contributed by atoms with van der Waals surface area (Å²) in [6.45, 7) is 2.44. The first-order valence-corrected chi connectivity index (χ1v) is 14.9. The van der Waals surface area contributed by atoms with Crippen LogP contribution in [0.25, 0.3) is 38.5 Å². The fraction of sp³-hybridized carbons (Fsp3) is 0.333. The average Bonchev–Trinajstić information content (AvgIpc) is 3.72. The van der Waals surface area contributed by atoms with Crippen LogP contribution in [0.1, 0.15) is 36.0 Å². The number of nitrogens with two attached hydrogens (primary N) is 1. The molecule has 2 aromatic heterocycles. The molecule has 9 nitrogen and oxygen atoms in total. The number of fused-ring (bicyclic) bond motifs is 5. The van der Waals surface area contributed by atoms with E-state index < -0.39 is 17.2 Å². The molecule has 5 heterocycles. The summed E-state index contributed by atoms with van der Waals surface area (Å²) in [5.41, 5.74) is 8.07. The highest BCUT2D eigenvalue weighted by Crippen LogP contribution is 2.47. The molecule has 0 bridgehead atoms. The first-order valence-electron chi connectivity index (χ1n) is 14.9. The number of halogens is 1. The zero-order chi connectivity index (χ0) is 29.4. The Labute approximate surface area is 246 Å². The van der Waals surface area contributed by atoms with Gasteiger partial charge in [-0.25, -0.2) is 4.39 Å². The predicted octanol–water partition coefficient (Wildman–Crippen LogP) is 5.20. The third kappa shape index (κ3) is 4.11. The number of pyridine rings is 1. The molecule has 5 aromatic rings. The van der Waals surface area contributed by atoms with Crippen LogP contribution < -0.4 is 21.2 Å². The number of carbonyl (C=O) groups is 1. The Balaban J connectivity index is 1.31. The van der Waals surface area contributed by atoms with Gasteiger partial charge in [0.05, 0.1) is 11.1 Å². The average molecular weight is 582 g/mol. The summed E-state index contributed by atoms with van der Waals surface area (Å²) in [7, 11) is 2.12. The Morgan fingerprint density at radius 3 is 2.74 bits per heavy atom. The number of likely N-dealkylation sites (tertiary alicyclic amines) is 2. The molecule has 2 fully saturated rings. The number of para-hydroxylation sites is 1. The van der Waals surface area contributed by atoms with Gasteiger partial charge in [-0.15, -0.1) is 0 Å². The second-order valence-corrected chi connectivity index (χ2v) is 12.0.